The second-order valence-electron chi connectivity index (χ2n) is 5.45. The second-order valence-corrected chi connectivity index (χ2v) is 5.45. The van der Waals surface area contributed by atoms with Gasteiger partial charge in [-0.15, -0.1) is 0 Å². The van der Waals surface area contributed by atoms with E-state index in [4.69, 9.17) is 0 Å². The average molecular weight is 233 g/mol. The molecule has 0 amide bonds. The van der Waals surface area contributed by atoms with Crippen molar-refractivity contribution in [2.24, 2.45) is 11.8 Å². The molecular weight excluding hydrogens is 206 g/mol. The molecule has 0 aliphatic heterocycles. The second kappa shape index (κ2) is 7.50. The van der Waals surface area contributed by atoms with Crippen LogP contribution in [0, 0.1) is 11.8 Å². The Morgan fingerprint density at radius 3 is 1.94 bits per heavy atom. The first-order valence-corrected chi connectivity index (χ1v) is 6.88. The zero-order valence-corrected chi connectivity index (χ0v) is 11.8. The van der Waals surface area contributed by atoms with Crippen LogP contribution in [0.3, 0.4) is 0 Å². The van der Waals surface area contributed by atoms with Gasteiger partial charge in [0.2, 0.25) is 0 Å². The van der Waals surface area contributed by atoms with Gasteiger partial charge in [0.1, 0.15) is 0 Å². The molecule has 0 saturated carbocycles. The normalized spacial score (nSPS) is 13.0. The van der Waals surface area contributed by atoms with Gasteiger partial charge >= 0.3 is 0 Å². The quantitative estimate of drug-likeness (QED) is 0.757. The molecule has 0 saturated heterocycles. The molecule has 0 aromatic heterocycles. The third-order valence-electron chi connectivity index (χ3n) is 3.26. The van der Waals surface area contributed by atoms with Crippen molar-refractivity contribution in [2.45, 2.75) is 40.0 Å². The van der Waals surface area contributed by atoms with Crippen LogP contribution in [0.25, 0.3) is 0 Å². The Labute approximate surface area is 107 Å². The maximum atomic E-state index is 3.28. The van der Waals surface area contributed by atoms with Gasteiger partial charge in [-0.3, -0.25) is 0 Å². The minimum absolute atomic E-state index is 0.744. The van der Waals surface area contributed by atoms with Crippen molar-refractivity contribution in [2.75, 3.05) is 13.6 Å². The lowest BCUT2D eigenvalue weighted by Crippen LogP contribution is -2.20. The number of benzene rings is 1. The third-order valence-corrected chi connectivity index (χ3v) is 3.26. The molecule has 1 N–H and O–H groups in total. The van der Waals surface area contributed by atoms with Crippen LogP contribution in [-0.2, 0) is 12.8 Å². The number of nitrogens with one attached hydrogen (secondary N) is 1. The van der Waals surface area contributed by atoms with Crippen molar-refractivity contribution in [1.82, 2.24) is 5.32 Å². The first-order chi connectivity index (χ1) is 8.15. The predicted octanol–water partition coefficient (Wildman–Crippen LogP) is 3.67. The summed E-state index contributed by atoms with van der Waals surface area (Å²) in [6.07, 6.45) is 3.63. The molecule has 0 heterocycles. The number of hydrogen-bond donors (Lipinski definition) is 1. The van der Waals surface area contributed by atoms with Crippen molar-refractivity contribution in [3.05, 3.63) is 35.4 Å². The van der Waals surface area contributed by atoms with E-state index in [0.29, 0.717) is 0 Å². The van der Waals surface area contributed by atoms with E-state index in [1.165, 1.54) is 30.4 Å². The summed E-state index contributed by atoms with van der Waals surface area (Å²) >= 11 is 0. The van der Waals surface area contributed by atoms with Gasteiger partial charge in [0.05, 0.1) is 0 Å². The molecule has 0 aliphatic rings. The predicted molar refractivity (Wildman–Crippen MR) is 76.4 cm³/mol. The highest BCUT2D eigenvalue weighted by Crippen LogP contribution is 2.14. The average Bonchev–Trinajstić information content (AvgIpc) is 2.30. The molecule has 0 fully saturated rings. The molecule has 1 nitrogen and oxygen atoms in total. The topological polar surface area (TPSA) is 12.0 Å². The molecule has 0 bridgehead atoms. The van der Waals surface area contributed by atoms with Crippen LogP contribution in [0.15, 0.2) is 24.3 Å². The minimum Gasteiger partial charge on any atom is -0.319 e. The highest BCUT2D eigenvalue weighted by atomic mass is 14.8. The molecule has 96 valence electrons. The standard InChI is InChI=1S/C16H27N/c1-5-14(12-17-4)11-16-8-6-15(7-9-16)10-13(2)3/h6-9,13-14,17H,5,10-12H2,1-4H3. The fraction of sp³-hybridized carbons (Fsp3) is 0.625. The van der Waals surface area contributed by atoms with Gasteiger partial charge < -0.3 is 5.32 Å². The van der Waals surface area contributed by atoms with Crippen molar-refractivity contribution < 1.29 is 0 Å². The molecule has 0 radical (unpaired) electrons. The highest BCUT2D eigenvalue weighted by Gasteiger charge is 2.06. The maximum absolute atomic E-state index is 3.28. The Hall–Kier alpha value is -0.820. The SMILES string of the molecule is CCC(CNC)Cc1ccc(CC(C)C)cc1. The zero-order valence-electron chi connectivity index (χ0n) is 11.8. The molecule has 1 aromatic carbocycles. The van der Waals surface area contributed by atoms with Crippen LogP contribution in [0.5, 0.6) is 0 Å². The summed E-state index contributed by atoms with van der Waals surface area (Å²) in [5, 5.41) is 3.28. The van der Waals surface area contributed by atoms with E-state index >= 15 is 0 Å². The zero-order chi connectivity index (χ0) is 12.7. The van der Waals surface area contributed by atoms with E-state index in [0.717, 1.165) is 18.4 Å². The summed E-state index contributed by atoms with van der Waals surface area (Å²) in [5.41, 5.74) is 2.94. The van der Waals surface area contributed by atoms with Crippen molar-refractivity contribution in [3.8, 4) is 0 Å². The first kappa shape index (κ1) is 14.2. The fourth-order valence-corrected chi connectivity index (χ4v) is 2.27. The molecule has 1 rings (SSSR count). The molecule has 1 aromatic rings. The molecule has 17 heavy (non-hydrogen) atoms. The highest BCUT2D eigenvalue weighted by molar-refractivity contribution is 5.23. The first-order valence-electron chi connectivity index (χ1n) is 6.88. The minimum atomic E-state index is 0.744. The van der Waals surface area contributed by atoms with Gasteiger partial charge in [-0.1, -0.05) is 51.5 Å². The summed E-state index contributed by atoms with van der Waals surface area (Å²) in [6, 6.07) is 9.19. The Morgan fingerprint density at radius 2 is 1.53 bits per heavy atom. The van der Waals surface area contributed by atoms with Gasteiger partial charge in [-0.05, 0) is 49.4 Å². The van der Waals surface area contributed by atoms with Gasteiger partial charge in [0, 0.05) is 0 Å². The van der Waals surface area contributed by atoms with Crippen molar-refractivity contribution in [3.63, 3.8) is 0 Å². The molecule has 1 atom stereocenters. The molecule has 1 unspecified atom stereocenters. The van der Waals surface area contributed by atoms with Crippen LogP contribution in [0.1, 0.15) is 38.3 Å². The van der Waals surface area contributed by atoms with Crippen LogP contribution in [0.4, 0.5) is 0 Å². The smallest absolute Gasteiger partial charge is 0.00204 e. The van der Waals surface area contributed by atoms with Crippen LogP contribution in [0.2, 0.25) is 0 Å². The van der Waals surface area contributed by atoms with E-state index in [2.05, 4.69) is 50.4 Å². The summed E-state index contributed by atoms with van der Waals surface area (Å²) in [5.74, 6) is 1.50. The lowest BCUT2D eigenvalue weighted by atomic mass is 9.95. The monoisotopic (exact) mass is 233 g/mol. The largest absolute Gasteiger partial charge is 0.319 e. The number of rotatable bonds is 7. The van der Waals surface area contributed by atoms with Crippen molar-refractivity contribution in [1.29, 1.82) is 0 Å². The lowest BCUT2D eigenvalue weighted by molar-refractivity contribution is 0.481. The lowest BCUT2D eigenvalue weighted by Gasteiger charge is -2.14. The third kappa shape index (κ3) is 5.36. The van der Waals surface area contributed by atoms with E-state index < -0.39 is 0 Å². The Bertz CT molecular complexity index is 300. The van der Waals surface area contributed by atoms with Gasteiger partial charge in [0.15, 0.2) is 0 Å². The summed E-state index contributed by atoms with van der Waals surface area (Å²) in [7, 11) is 2.04. The van der Waals surface area contributed by atoms with E-state index in [-0.39, 0.29) is 0 Å². The Morgan fingerprint density at radius 1 is 1.00 bits per heavy atom. The van der Waals surface area contributed by atoms with Gasteiger partial charge in [-0.2, -0.15) is 0 Å². The van der Waals surface area contributed by atoms with Crippen LogP contribution < -0.4 is 5.32 Å². The van der Waals surface area contributed by atoms with E-state index in [1.54, 1.807) is 0 Å². The molecule has 0 aliphatic carbocycles. The Kier molecular flexibility index (Phi) is 6.28. The summed E-state index contributed by atoms with van der Waals surface area (Å²) < 4.78 is 0. The summed E-state index contributed by atoms with van der Waals surface area (Å²) in [4.78, 5) is 0. The fourth-order valence-electron chi connectivity index (χ4n) is 2.27. The summed E-state index contributed by atoms with van der Waals surface area (Å²) in [6.45, 7) is 7.93. The Balaban J connectivity index is 2.54. The van der Waals surface area contributed by atoms with Crippen LogP contribution >= 0.6 is 0 Å². The van der Waals surface area contributed by atoms with Gasteiger partial charge in [-0.25, -0.2) is 0 Å². The van der Waals surface area contributed by atoms with E-state index in [1.807, 2.05) is 7.05 Å². The molecule has 1 heteroatoms. The van der Waals surface area contributed by atoms with E-state index in [9.17, 15) is 0 Å². The van der Waals surface area contributed by atoms with Gasteiger partial charge in [0.25, 0.3) is 0 Å². The van der Waals surface area contributed by atoms with Crippen molar-refractivity contribution >= 4 is 0 Å². The maximum Gasteiger partial charge on any atom is -0.00204 e. The molecular formula is C16H27N. The van der Waals surface area contributed by atoms with Crippen LogP contribution in [-0.4, -0.2) is 13.6 Å². The molecule has 0 spiro atoms. The number of hydrogen-bond acceptors (Lipinski definition) is 1.